The van der Waals surface area contributed by atoms with Crippen LogP contribution in [0.3, 0.4) is 0 Å². The number of anilines is 4. The fourth-order valence-electron chi connectivity index (χ4n) is 15.0. The molecule has 5 aliphatic rings. The van der Waals surface area contributed by atoms with Gasteiger partial charge in [0.1, 0.15) is 37.4 Å². The minimum absolute atomic E-state index is 0.00554. The molecule has 42 nitrogen and oxygen atoms in total. The molecular formula is C97H134N12O30. The van der Waals surface area contributed by atoms with E-state index in [-0.39, 0.29) is 173 Å². The van der Waals surface area contributed by atoms with Crippen molar-refractivity contribution in [2.24, 2.45) is 11.8 Å². The summed E-state index contributed by atoms with van der Waals surface area (Å²) in [5, 5.41) is 31.2. The first-order valence-corrected chi connectivity index (χ1v) is 46.7. The molecule has 42 heteroatoms. The summed E-state index contributed by atoms with van der Waals surface area (Å²) in [6.07, 6.45) is 4.78. The molecular weight excluding hydrogens is 1810 g/mol. The summed E-state index contributed by atoms with van der Waals surface area (Å²) in [6, 6.07) is 13.9. The predicted octanol–water partition coefficient (Wildman–Crippen LogP) is 6.38. The van der Waals surface area contributed by atoms with Gasteiger partial charge in [-0.05, 0) is 119 Å². The van der Waals surface area contributed by atoms with Gasteiger partial charge in [0.05, 0.1) is 194 Å². The second kappa shape index (κ2) is 58.0. The van der Waals surface area contributed by atoms with Gasteiger partial charge in [0.2, 0.25) is 41.4 Å². The molecule has 0 saturated heterocycles. The van der Waals surface area contributed by atoms with Crippen molar-refractivity contribution >= 4 is 99.9 Å². The first-order chi connectivity index (χ1) is 67.0. The highest BCUT2D eigenvalue weighted by molar-refractivity contribution is 6.13. The molecule has 5 heterocycles. The highest BCUT2D eigenvalue weighted by atomic mass is 16.6. The normalized spacial score (nSPS) is 16.2. The van der Waals surface area contributed by atoms with Crippen LogP contribution in [-0.2, 0) is 113 Å². The Morgan fingerprint density at radius 1 is 0.432 bits per heavy atom. The zero-order chi connectivity index (χ0) is 100. The van der Waals surface area contributed by atoms with E-state index < -0.39 is 102 Å². The first kappa shape index (κ1) is 110. The average Bonchev–Trinajstić information content (AvgIpc) is 1.60. The third-order valence-electron chi connectivity index (χ3n) is 22.5. The zero-order valence-electron chi connectivity index (χ0n) is 81.0. The number of imide groups is 1. The van der Waals surface area contributed by atoms with Crippen molar-refractivity contribution in [2.75, 3.05) is 200 Å². The number of hydrogen-bond donors (Lipinski definition) is 8. The number of aliphatic hydroxyl groups is 1. The number of amides is 13. The van der Waals surface area contributed by atoms with Crippen LogP contribution in [0.25, 0.3) is 0 Å². The van der Waals surface area contributed by atoms with Crippen LogP contribution in [0.15, 0.2) is 108 Å². The molecule has 0 radical (unpaired) electrons. The second-order valence-electron chi connectivity index (χ2n) is 34.0. The summed E-state index contributed by atoms with van der Waals surface area (Å²) in [5.41, 5.74) is 4.04. The van der Waals surface area contributed by atoms with E-state index in [1.807, 2.05) is 13.8 Å². The van der Waals surface area contributed by atoms with E-state index in [1.165, 1.54) is 62.2 Å². The van der Waals surface area contributed by atoms with Gasteiger partial charge < -0.3 is 128 Å². The lowest BCUT2D eigenvalue weighted by molar-refractivity contribution is -0.137. The molecule has 4 aromatic carbocycles. The number of hydrogen-bond acceptors (Lipinski definition) is 30. The third-order valence-corrected chi connectivity index (χ3v) is 22.5. The Bertz CT molecular complexity index is 4840. The summed E-state index contributed by atoms with van der Waals surface area (Å²) in [5.74, 6) is -4.72. The number of rotatable bonds is 62. The van der Waals surface area contributed by atoms with E-state index in [1.54, 1.807) is 113 Å². The number of carbonyl (C=O) groups excluding carboxylic acids is 13. The zero-order valence-corrected chi connectivity index (χ0v) is 81.0. The number of methoxy groups -OCH3 is 3. The summed E-state index contributed by atoms with van der Waals surface area (Å²) < 4.78 is 90.5. The SMILES string of the molecule is COCCOCCC(=O)N[C@H](C(=O)N[C@@H](C)C(=O)Nc1ccc(COC(=O)N2C[C@@H]3CC(C)=CN3C(=O)c3cc(OC)c(OCCCCCOc4cc5c(cc4OC)C(=O)N4C=C(C)C[C@H]4[C@H](O)N5C(=O)OCc4ccc(NC(=O)[C@H](C)NC(=O)[C@@H](NC(=O)CCOCCOCCOCCOCCOCCOCCOCCOCCNC(=O)CCN5C(=O)C=CC5=O)C(C)C)cc4)cc32)cc1)C(C)C. The first-order valence-electron chi connectivity index (χ1n) is 46.7. The Labute approximate surface area is 809 Å². The molecule has 0 aliphatic carbocycles. The van der Waals surface area contributed by atoms with Crippen LogP contribution in [0.5, 0.6) is 23.0 Å². The van der Waals surface area contributed by atoms with E-state index in [9.17, 15) is 67.4 Å². The van der Waals surface area contributed by atoms with Crippen LogP contribution >= 0.6 is 0 Å². The third kappa shape index (κ3) is 35.0. The van der Waals surface area contributed by atoms with Gasteiger partial charge in [-0.2, -0.15) is 0 Å². The van der Waals surface area contributed by atoms with Gasteiger partial charge >= 0.3 is 12.2 Å². The smallest absolute Gasteiger partial charge is 0.416 e. The number of ether oxygens (including phenoxy) is 16. The molecule has 4 aromatic rings. The largest absolute Gasteiger partial charge is 0.493 e. The summed E-state index contributed by atoms with van der Waals surface area (Å²) >= 11 is 0. The highest BCUT2D eigenvalue weighted by Crippen LogP contribution is 2.44. The molecule has 0 fully saturated rings. The van der Waals surface area contributed by atoms with E-state index >= 15 is 0 Å². The molecule has 0 aromatic heterocycles. The summed E-state index contributed by atoms with van der Waals surface area (Å²) in [7, 11) is 4.40. The number of nitrogens with zero attached hydrogens (tertiary/aromatic N) is 5. The summed E-state index contributed by atoms with van der Waals surface area (Å²) in [6.45, 7) is 20.2. The lowest BCUT2D eigenvalue weighted by atomic mass is 10.0. The van der Waals surface area contributed by atoms with Crippen molar-refractivity contribution in [1.82, 2.24) is 41.3 Å². The molecule has 7 atom stereocenters. The predicted molar refractivity (Wildman–Crippen MR) is 505 cm³/mol. The Balaban J connectivity index is 0.651. The van der Waals surface area contributed by atoms with Gasteiger partial charge in [-0.25, -0.2) is 14.5 Å². The maximum absolute atomic E-state index is 14.5. The monoisotopic (exact) mass is 1950 g/mol. The molecule has 762 valence electrons. The number of aliphatic hydroxyl groups excluding tert-OH is 1. The molecule has 13 amide bonds. The van der Waals surface area contributed by atoms with Gasteiger partial charge in [0, 0.05) is 87.5 Å². The summed E-state index contributed by atoms with van der Waals surface area (Å²) in [4.78, 5) is 178. The van der Waals surface area contributed by atoms with Crippen LogP contribution in [0.1, 0.15) is 139 Å². The number of fused-ring (bicyclic) bond motifs is 4. The minimum Gasteiger partial charge on any atom is -0.493 e. The molecule has 0 saturated carbocycles. The van der Waals surface area contributed by atoms with Gasteiger partial charge in [-0.1, -0.05) is 63.1 Å². The van der Waals surface area contributed by atoms with Crippen molar-refractivity contribution in [3.63, 3.8) is 0 Å². The topological polar surface area (TPSA) is 490 Å². The number of unbranched alkanes of at least 4 members (excludes halogenated alkanes) is 2. The lowest BCUT2D eigenvalue weighted by Gasteiger charge is -2.31. The van der Waals surface area contributed by atoms with E-state index in [0.29, 0.717) is 147 Å². The van der Waals surface area contributed by atoms with E-state index in [0.717, 1.165) is 20.9 Å². The van der Waals surface area contributed by atoms with E-state index in [2.05, 4.69) is 37.2 Å². The van der Waals surface area contributed by atoms with Crippen molar-refractivity contribution in [3.8, 4) is 23.0 Å². The maximum atomic E-state index is 14.5. The van der Waals surface area contributed by atoms with Crippen LogP contribution in [0, 0.1) is 11.8 Å². The average molecular weight is 1950 g/mol. The molecule has 0 spiro atoms. The van der Waals surface area contributed by atoms with E-state index in [4.69, 9.17) is 75.8 Å². The highest BCUT2D eigenvalue weighted by Gasteiger charge is 2.46. The number of benzene rings is 4. The fourth-order valence-corrected chi connectivity index (χ4v) is 15.0. The number of carbonyl (C=O) groups is 13. The van der Waals surface area contributed by atoms with Crippen LogP contribution in [0.2, 0.25) is 0 Å². The second-order valence-corrected chi connectivity index (χ2v) is 34.0. The molecule has 5 aliphatic heterocycles. The van der Waals surface area contributed by atoms with Gasteiger partial charge in [0.15, 0.2) is 29.2 Å². The Hall–Kier alpha value is -12.2. The van der Waals surface area contributed by atoms with Crippen molar-refractivity contribution in [3.05, 3.63) is 131 Å². The van der Waals surface area contributed by atoms with Crippen molar-refractivity contribution in [2.45, 2.75) is 162 Å². The van der Waals surface area contributed by atoms with Gasteiger partial charge in [0.25, 0.3) is 23.6 Å². The fraction of sp³-hybridized carbons (Fsp3) is 0.557. The quantitative estimate of drug-likeness (QED) is 0.0176. The van der Waals surface area contributed by atoms with Gasteiger partial charge in [-0.15, -0.1) is 0 Å². The van der Waals surface area contributed by atoms with Crippen LogP contribution in [-0.4, -0.2) is 319 Å². The minimum atomic E-state index is -1.59. The van der Waals surface area contributed by atoms with Crippen LogP contribution in [0.4, 0.5) is 32.3 Å². The molecule has 139 heavy (non-hydrogen) atoms. The standard InChI is InChI=1S/C97H134N12O30/c1-62(2)87(103-83(111)26-32-127-36-35-124-9)91(117)99-66(7)89(115)101-70-19-15-68(16-20-70)60-138-96(122)108-59-72-51-64(5)57-106(72)93(119)73-53-78(125-10)80(55-75(73)108)136-30-13-12-14-31-137-81-56-76-74(54-79(81)126-11)94(120)107-58-65(6)52-77(107)95(121)109(76)97(123)139-61-69-17-21-71(22-18-69)102-90(116)67(8)100-92(118)88(63(3)4)104-84(112)27-33-128-37-39-130-41-43-132-45-47-134-49-50-135-48-46-133-44-42-131-40-38-129-34-28-98-82(110)25-29-105-85(113)23-24-86(105)114/h15-24,53-58,62-63,66-67,72,77,87-88,95,121H,12-14,25-52,59-61H2,1-11H3,(H,98,110)(H,99,117)(H,100,118)(H,101,115)(H,102,116)(H,103,111)(H,104,112)/t66-,67-,72-,77-,87-,88-,95-/m0/s1. The number of nitrogens with one attached hydrogen (secondary N) is 7. The van der Waals surface area contributed by atoms with Gasteiger partial charge in [-0.3, -0.25) is 62.5 Å². The Kier molecular flexibility index (Phi) is 46.0. The van der Waals surface area contributed by atoms with Crippen LogP contribution < -0.4 is 66.0 Å². The maximum Gasteiger partial charge on any atom is 0.416 e. The Morgan fingerprint density at radius 3 is 1.29 bits per heavy atom. The Morgan fingerprint density at radius 2 is 0.842 bits per heavy atom. The molecule has 8 N–H and O–H groups in total. The lowest BCUT2D eigenvalue weighted by Crippen LogP contribution is -2.53. The molecule has 0 unspecified atom stereocenters. The van der Waals surface area contributed by atoms with Crippen molar-refractivity contribution in [1.29, 1.82) is 0 Å². The molecule has 9 rings (SSSR count). The van der Waals surface area contributed by atoms with Crippen molar-refractivity contribution < 1.29 is 143 Å². The molecule has 0 bridgehead atoms.